The molecule has 3 nitrogen and oxygen atoms in total. The molecule has 0 fully saturated rings. The molecule has 0 aromatic rings. The molecule has 23 heavy (non-hydrogen) atoms. The first-order valence-corrected chi connectivity index (χ1v) is 9.99. The Kier molecular flexibility index (Phi) is 21.8. The Hall–Kier alpha value is -0.120. The van der Waals surface area contributed by atoms with Gasteiger partial charge in [0.2, 0.25) is 0 Å². The van der Waals surface area contributed by atoms with Crippen molar-refractivity contribution in [3.63, 3.8) is 0 Å². The highest BCUT2D eigenvalue weighted by molar-refractivity contribution is 4.59. The summed E-state index contributed by atoms with van der Waals surface area (Å²) in [6, 6.07) is 0. The van der Waals surface area contributed by atoms with E-state index in [0.717, 1.165) is 31.5 Å². The predicted octanol–water partition coefficient (Wildman–Crippen LogP) is 5.53. The van der Waals surface area contributed by atoms with Crippen LogP contribution in [0.15, 0.2) is 0 Å². The van der Waals surface area contributed by atoms with Crippen LogP contribution in [0.3, 0.4) is 0 Å². The fourth-order valence-electron chi connectivity index (χ4n) is 2.46. The van der Waals surface area contributed by atoms with Crippen LogP contribution in [0, 0.1) is 11.8 Å². The third kappa shape index (κ3) is 19.8. The van der Waals surface area contributed by atoms with Crippen LogP contribution in [0.4, 0.5) is 0 Å². The zero-order valence-corrected chi connectivity index (χ0v) is 16.5. The van der Waals surface area contributed by atoms with Gasteiger partial charge in [-0.25, -0.2) is 0 Å². The van der Waals surface area contributed by atoms with Crippen molar-refractivity contribution in [1.82, 2.24) is 0 Å². The highest BCUT2D eigenvalue weighted by Gasteiger charge is 2.09. The summed E-state index contributed by atoms with van der Waals surface area (Å²) < 4.78 is 5.93. The highest BCUT2D eigenvalue weighted by atomic mass is 16.5. The first kappa shape index (κ1) is 25.1. The topological polar surface area (TPSA) is 49.7 Å². The number of ether oxygens (including phenoxy) is 1. The minimum Gasteiger partial charge on any atom is -0.381 e. The second-order valence-electron chi connectivity index (χ2n) is 6.64. The van der Waals surface area contributed by atoms with E-state index in [4.69, 9.17) is 14.9 Å². The number of rotatable bonds is 14. The Balaban J connectivity index is 0. The number of hydrogen-bond acceptors (Lipinski definition) is 3. The molecule has 0 amide bonds. The van der Waals surface area contributed by atoms with Gasteiger partial charge in [0.05, 0.1) is 0 Å². The standard InChI is InChI=1S/C16H34O.C4H10O2/c1-5-9-11-15(7-3)13-17-14-16(8-4)12-10-6-2;1-2-3-4(5)6/h15-16H,5-14H2,1-4H3;4-6H,2-3H2,1H3. The Morgan fingerprint density at radius 1 is 0.652 bits per heavy atom. The van der Waals surface area contributed by atoms with E-state index in [1.807, 2.05) is 6.92 Å². The molecular weight excluding hydrogens is 288 g/mol. The molecule has 0 saturated carbocycles. The van der Waals surface area contributed by atoms with Gasteiger partial charge in [0.15, 0.2) is 6.29 Å². The summed E-state index contributed by atoms with van der Waals surface area (Å²) in [7, 11) is 0. The minimum absolute atomic E-state index is 0.486. The van der Waals surface area contributed by atoms with E-state index in [1.54, 1.807) is 0 Å². The fraction of sp³-hybridized carbons (Fsp3) is 1.00. The Labute approximate surface area is 145 Å². The zero-order chi connectivity index (χ0) is 17.9. The molecule has 2 N–H and O–H groups in total. The molecule has 0 bridgehead atoms. The maximum Gasteiger partial charge on any atom is 0.151 e. The van der Waals surface area contributed by atoms with Crippen molar-refractivity contribution in [3.8, 4) is 0 Å². The van der Waals surface area contributed by atoms with Crippen LogP contribution in [-0.2, 0) is 4.74 Å². The molecular formula is C20H44O3. The molecule has 0 saturated heterocycles. The van der Waals surface area contributed by atoms with Crippen LogP contribution in [0.5, 0.6) is 0 Å². The van der Waals surface area contributed by atoms with E-state index in [-0.39, 0.29) is 0 Å². The van der Waals surface area contributed by atoms with E-state index in [1.165, 1.54) is 51.4 Å². The fourth-order valence-corrected chi connectivity index (χ4v) is 2.46. The molecule has 0 aliphatic heterocycles. The molecule has 0 rings (SSSR count). The van der Waals surface area contributed by atoms with Crippen molar-refractivity contribution in [2.75, 3.05) is 13.2 Å². The average molecular weight is 333 g/mol. The smallest absolute Gasteiger partial charge is 0.151 e. The van der Waals surface area contributed by atoms with Gasteiger partial charge in [-0.2, -0.15) is 0 Å². The van der Waals surface area contributed by atoms with Crippen molar-refractivity contribution in [2.24, 2.45) is 11.8 Å². The van der Waals surface area contributed by atoms with Gasteiger partial charge in [-0.05, 0) is 31.1 Å². The lowest BCUT2D eigenvalue weighted by molar-refractivity contribution is -0.0453. The van der Waals surface area contributed by atoms with E-state index in [9.17, 15) is 0 Å². The highest BCUT2D eigenvalue weighted by Crippen LogP contribution is 2.16. The van der Waals surface area contributed by atoms with Crippen molar-refractivity contribution < 1.29 is 14.9 Å². The van der Waals surface area contributed by atoms with Gasteiger partial charge >= 0.3 is 0 Å². The van der Waals surface area contributed by atoms with Gasteiger partial charge < -0.3 is 14.9 Å². The lowest BCUT2D eigenvalue weighted by Crippen LogP contribution is -2.14. The Bertz CT molecular complexity index is 191. The second-order valence-corrected chi connectivity index (χ2v) is 6.64. The van der Waals surface area contributed by atoms with Gasteiger partial charge in [-0.15, -0.1) is 0 Å². The van der Waals surface area contributed by atoms with E-state index >= 15 is 0 Å². The van der Waals surface area contributed by atoms with Crippen LogP contribution in [0.2, 0.25) is 0 Å². The normalized spacial score (nSPS) is 13.6. The summed E-state index contributed by atoms with van der Waals surface area (Å²) in [6.07, 6.45) is 10.8. The molecule has 0 spiro atoms. The van der Waals surface area contributed by atoms with Gasteiger partial charge in [0.1, 0.15) is 0 Å². The molecule has 0 aromatic heterocycles. The third-order valence-electron chi connectivity index (χ3n) is 4.34. The summed E-state index contributed by atoms with van der Waals surface area (Å²) in [5.41, 5.74) is 0. The lowest BCUT2D eigenvalue weighted by atomic mass is 9.99. The van der Waals surface area contributed by atoms with Gasteiger partial charge in [0, 0.05) is 13.2 Å². The molecule has 0 radical (unpaired) electrons. The van der Waals surface area contributed by atoms with E-state index in [2.05, 4.69) is 27.7 Å². The third-order valence-corrected chi connectivity index (χ3v) is 4.34. The molecule has 0 aromatic carbocycles. The molecule has 0 heterocycles. The number of aliphatic hydroxyl groups excluding tert-OH is 1. The molecule has 3 heteroatoms. The van der Waals surface area contributed by atoms with Crippen molar-refractivity contribution >= 4 is 0 Å². The quantitative estimate of drug-likeness (QED) is 0.411. The Morgan fingerprint density at radius 3 is 1.30 bits per heavy atom. The molecule has 0 aliphatic rings. The summed E-state index contributed by atoms with van der Waals surface area (Å²) in [5.74, 6) is 1.58. The predicted molar refractivity (Wildman–Crippen MR) is 101 cm³/mol. The minimum atomic E-state index is -1.10. The number of hydrogen-bond donors (Lipinski definition) is 2. The van der Waals surface area contributed by atoms with Crippen LogP contribution < -0.4 is 0 Å². The van der Waals surface area contributed by atoms with Crippen LogP contribution in [0.1, 0.15) is 98.8 Å². The second kappa shape index (κ2) is 19.9. The van der Waals surface area contributed by atoms with Crippen molar-refractivity contribution in [3.05, 3.63) is 0 Å². The van der Waals surface area contributed by atoms with E-state index in [0.29, 0.717) is 6.42 Å². The van der Waals surface area contributed by atoms with Crippen LogP contribution in [-0.4, -0.2) is 29.7 Å². The maximum atomic E-state index is 8.11. The summed E-state index contributed by atoms with van der Waals surface area (Å²) >= 11 is 0. The molecule has 2 unspecified atom stereocenters. The summed E-state index contributed by atoms with van der Waals surface area (Å²) in [4.78, 5) is 0. The SMILES string of the molecule is CCCC(O)O.CCCCC(CC)COCC(CC)CCCC. The first-order valence-electron chi connectivity index (χ1n) is 9.99. The summed E-state index contributed by atoms with van der Waals surface area (Å²) in [5, 5.41) is 16.2. The number of unbranched alkanes of at least 4 members (excludes halogenated alkanes) is 2. The first-order chi connectivity index (χ1) is 11.0. The molecule has 142 valence electrons. The zero-order valence-electron chi connectivity index (χ0n) is 16.5. The van der Waals surface area contributed by atoms with Crippen molar-refractivity contribution in [2.45, 2.75) is 105 Å². The van der Waals surface area contributed by atoms with Gasteiger partial charge in [-0.3, -0.25) is 0 Å². The average Bonchev–Trinajstić information content (AvgIpc) is 2.54. The van der Waals surface area contributed by atoms with E-state index < -0.39 is 6.29 Å². The monoisotopic (exact) mass is 332 g/mol. The molecule has 0 aliphatic carbocycles. The van der Waals surface area contributed by atoms with Gasteiger partial charge in [0.25, 0.3) is 0 Å². The maximum absolute atomic E-state index is 8.11. The molecule has 2 atom stereocenters. The van der Waals surface area contributed by atoms with Gasteiger partial charge in [-0.1, -0.05) is 79.6 Å². The van der Waals surface area contributed by atoms with Crippen molar-refractivity contribution in [1.29, 1.82) is 0 Å². The Morgan fingerprint density at radius 2 is 1.09 bits per heavy atom. The number of aliphatic hydroxyl groups is 2. The largest absolute Gasteiger partial charge is 0.381 e. The van der Waals surface area contributed by atoms with Crippen LogP contribution in [0.25, 0.3) is 0 Å². The summed E-state index contributed by atoms with van der Waals surface area (Å²) in [6.45, 7) is 13.0. The van der Waals surface area contributed by atoms with Crippen LogP contribution >= 0.6 is 0 Å². The lowest BCUT2D eigenvalue weighted by Gasteiger charge is -2.18.